The Bertz CT molecular complexity index is 567. The van der Waals surface area contributed by atoms with E-state index in [0.29, 0.717) is 25.3 Å². The number of aromatic nitrogens is 1. The Balaban J connectivity index is 2.10. The van der Waals surface area contributed by atoms with E-state index < -0.39 is 0 Å². The normalized spacial score (nSPS) is 10.7. The highest BCUT2D eigenvalue weighted by Crippen LogP contribution is 2.23. The van der Waals surface area contributed by atoms with Crippen LogP contribution < -0.4 is 5.73 Å². The van der Waals surface area contributed by atoms with Crippen LogP contribution in [0.3, 0.4) is 0 Å². The molecule has 0 aliphatic carbocycles. The lowest BCUT2D eigenvalue weighted by Gasteiger charge is -2.18. The lowest BCUT2D eigenvalue weighted by molar-refractivity contribution is 0.0749. The largest absolute Gasteiger partial charge is 0.332 e. The Morgan fingerprint density at radius 1 is 1.53 bits per heavy atom. The van der Waals surface area contributed by atoms with Crippen LogP contribution in [0.15, 0.2) is 17.5 Å². The van der Waals surface area contributed by atoms with Gasteiger partial charge in [-0.15, -0.1) is 22.7 Å². The molecule has 2 aromatic rings. The Labute approximate surface area is 124 Å². The number of thiophene rings is 1. The second-order valence-electron chi connectivity index (χ2n) is 3.86. The van der Waals surface area contributed by atoms with Crippen LogP contribution in [0.25, 0.3) is 0 Å². The number of amides is 1. The number of thiazole rings is 1. The zero-order valence-corrected chi connectivity index (χ0v) is 12.8. The molecule has 0 saturated heterocycles. The lowest BCUT2D eigenvalue weighted by atomic mass is 10.3. The van der Waals surface area contributed by atoms with E-state index in [9.17, 15) is 4.79 Å². The predicted molar refractivity (Wildman–Crippen MR) is 79.7 cm³/mol. The minimum atomic E-state index is -0.0667. The molecule has 19 heavy (non-hydrogen) atoms. The third kappa shape index (κ3) is 3.54. The summed E-state index contributed by atoms with van der Waals surface area (Å²) in [5.74, 6) is -0.0667. The van der Waals surface area contributed by atoms with Crippen molar-refractivity contribution >= 4 is 40.2 Å². The minimum absolute atomic E-state index is 0.0667. The molecule has 0 aliphatic rings. The number of carbonyl (C=O) groups is 1. The zero-order chi connectivity index (χ0) is 13.8. The average molecular weight is 316 g/mol. The van der Waals surface area contributed by atoms with E-state index in [1.807, 2.05) is 19.1 Å². The van der Waals surface area contributed by atoms with Gasteiger partial charge in [-0.2, -0.15) is 0 Å². The minimum Gasteiger partial charge on any atom is -0.332 e. The van der Waals surface area contributed by atoms with Crippen molar-refractivity contribution in [3.8, 4) is 0 Å². The molecule has 2 aromatic heterocycles. The van der Waals surface area contributed by atoms with E-state index in [4.69, 9.17) is 17.3 Å². The van der Waals surface area contributed by atoms with Gasteiger partial charge in [-0.05, 0) is 19.1 Å². The number of hydrogen-bond acceptors (Lipinski definition) is 5. The SMILES string of the molecule is CCN(Cc1ccc(Cl)s1)C(=O)c1csc(CN)n1. The molecule has 0 bridgehead atoms. The maximum absolute atomic E-state index is 12.3. The van der Waals surface area contributed by atoms with E-state index in [1.54, 1.807) is 10.3 Å². The quantitative estimate of drug-likeness (QED) is 0.922. The van der Waals surface area contributed by atoms with Crippen molar-refractivity contribution in [3.63, 3.8) is 0 Å². The number of nitrogens with two attached hydrogens (primary N) is 1. The van der Waals surface area contributed by atoms with Gasteiger partial charge in [-0.3, -0.25) is 4.79 Å². The van der Waals surface area contributed by atoms with Crippen LogP contribution in [0.2, 0.25) is 4.34 Å². The molecule has 0 radical (unpaired) electrons. The first-order valence-electron chi connectivity index (χ1n) is 5.82. The van der Waals surface area contributed by atoms with Gasteiger partial charge >= 0.3 is 0 Å². The monoisotopic (exact) mass is 315 g/mol. The smallest absolute Gasteiger partial charge is 0.273 e. The highest BCUT2D eigenvalue weighted by atomic mass is 35.5. The summed E-state index contributed by atoms with van der Waals surface area (Å²) in [6.07, 6.45) is 0. The third-order valence-corrected chi connectivity index (χ3v) is 4.68. The third-order valence-electron chi connectivity index (χ3n) is 2.59. The molecule has 7 heteroatoms. The molecule has 0 unspecified atom stereocenters. The number of rotatable bonds is 5. The summed E-state index contributed by atoms with van der Waals surface area (Å²) < 4.78 is 0.734. The lowest BCUT2D eigenvalue weighted by Crippen LogP contribution is -2.30. The fraction of sp³-hybridized carbons (Fsp3) is 0.333. The van der Waals surface area contributed by atoms with Gasteiger partial charge in [0.2, 0.25) is 0 Å². The molecule has 1 amide bonds. The Hall–Kier alpha value is -0.950. The highest BCUT2D eigenvalue weighted by Gasteiger charge is 2.18. The standard InChI is InChI=1S/C12H14ClN3OS2/c1-2-16(6-8-3-4-10(13)19-8)12(17)9-7-18-11(5-14)15-9/h3-4,7H,2,5-6,14H2,1H3. The molecule has 0 fully saturated rings. The van der Waals surface area contributed by atoms with E-state index >= 15 is 0 Å². The van der Waals surface area contributed by atoms with E-state index in [1.165, 1.54) is 22.7 Å². The average Bonchev–Trinajstić information content (AvgIpc) is 3.04. The van der Waals surface area contributed by atoms with Crippen LogP contribution in [-0.4, -0.2) is 22.3 Å². The molecule has 0 saturated carbocycles. The summed E-state index contributed by atoms with van der Waals surface area (Å²) in [5.41, 5.74) is 5.98. The summed E-state index contributed by atoms with van der Waals surface area (Å²) in [4.78, 5) is 19.4. The van der Waals surface area contributed by atoms with Crippen LogP contribution >= 0.6 is 34.3 Å². The van der Waals surface area contributed by atoms with Crippen molar-refractivity contribution in [2.45, 2.75) is 20.0 Å². The fourth-order valence-corrected chi connectivity index (χ4v) is 3.37. The second kappa shape index (κ2) is 6.47. The molecule has 0 aromatic carbocycles. The Morgan fingerprint density at radius 3 is 2.84 bits per heavy atom. The Morgan fingerprint density at radius 2 is 2.32 bits per heavy atom. The number of hydrogen-bond donors (Lipinski definition) is 1. The van der Waals surface area contributed by atoms with Crippen molar-refractivity contribution in [2.24, 2.45) is 5.73 Å². The van der Waals surface area contributed by atoms with Gasteiger partial charge in [0.1, 0.15) is 10.7 Å². The molecular formula is C12H14ClN3OS2. The van der Waals surface area contributed by atoms with Gasteiger partial charge in [0.25, 0.3) is 5.91 Å². The first kappa shape index (κ1) is 14.5. The van der Waals surface area contributed by atoms with Crippen LogP contribution in [0.4, 0.5) is 0 Å². The summed E-state index contributed by atoms with van der Waals surface area (Å²) in [6.45, 7) is 3.50. The van der Waals surface area contributed by atoms with Crippen LogP contribution in [0.1, 0.15) is 27.3 Å². The summed E-state index contributed by atoms with van der Waals surface area (Å²) in [6, 6.07) is 3.78. The maximum atomic E-state index is 12.3. The first-order chi connectivity index (χ1) is 9.13. The van der Waals surface area contributed by atoms with Gasteiger partial charge in [-0.1, -0.05) is 11.6 Å². The van der Waals surface area contributed by atoms with E-state index in [0.717, 1.165) is 14.2 Å². The number of nitrogens with zero attached hydrogens (tertiary/aromatic N) is 2. The zero-order valence-electron chi connectivity index (χ0n) is 10.4. The molecule has 0 atom stereocenters. The van der Waals surface area contributed by atoms with Gasteiger partial charge in [0, 0.05) is 23.3 Å². The maximum Gasteiger partial charge on any atom is 0.273 e. The van der Waals surface area contributed by atoms with E-state index in [2.05, 4.69) is 4.98 Å². The molecule has 102 valence electrons. The summed E-state index contributed by atoms with van der Waals surface area (Å²) in [7, 11) is 0. The fourth-order valence-electron chi connectivity index (χ4n) is 1.62. The van der Waals surface area contributed by atoms with Crippen molar-refractivity contribution in [2.75, 3.05) is 6.54 Å². The molecule has 0 spiro atoms. The predicted octanol–water partition coefficient (Wildman–Crippen LogP) is 2.98. The molecule has 2 rings (SSSR count). The first-order valence-corrected chi connectivity index (χ1v) is 7.89. The van der Waals surface area contributed by atoms with Crippen molar-refractivity contribution < 1.29 is 4.79 Å². The van der Waals surface area contributed by atoms with Crippen LogP contribution in [-0.2, 0) is 13.1 Å². The van der Waals surface area contributed by atoms with Crippen molar-refractivity contribution in [1.29, 1.82) is 0 Å². The summed E-state index contributed by atoms with van der Waals surface area (Å²) in [5, 5.41) is 2.53. The van der Waals surface area contributed by atoms with Gasteiger partial charge in [0.05, 0.1) is 10.9 Å². The van der Waals surface area contributed by atoms with Crippen molar-refractivity contribution in [1.82, 2.24) is 9.88 Å². The Kier molecular flexibility index (Phi) is 4.93. The molecule has 2 heterocycles. The second-order valence-corrected chi connectivity index (χ2v) is 6.60. The van der Waals surface area contributed by atoms with Gasteiger partial charge in [0.15, 0.2) is 0 Å². The van der Waals surface area contributed by atoms with Crippen LogP contribution in [0.5, 0.6) is 0 Å². The number of carbonyl (C=O) groups excluding carboxylic acids is 1. The summed E-state index contributed by atoms with van der Waals surface area (Å²) >= 11 is 8.80. The molecular weight excluding hydrogens is 302 g/mol. The number of halogens is 1. The van der Waals surface area contributed by atoms with Crippen LogP contribution in [0, 0.1) is 0 Å². The topological polar surface area (TPSA) is 59.2 Å². The molecule has 4 nitrogen and oxygen atoms in total. The van der Waals surface area contributed by atoms with Gasteiger partial charge < -0.3 is 10.6 Å². The van der Waals surface area contributed by atoms with Gasteiger partial charge in [-0.25, -0.2) is 4.98 Å². The highest BCUT2D eigenvalue weighted by molar-refractivity contribution is 7.16. The van der Waals surface area contributed by atoms with E-state index in [-0.39, 0.29) is 5.91 Å². The molecule has 0 aliphatic heterocycles. The van der Waals surface area contributed by atoms with Crippen molar-refractivity contribution in [3.05, 3.63) is 37.4 Å². The molecule has 2 N–H and O–H groups in total.